The summed E-state index contributed by atoms with van der Waals surface area (Å²) in [5.41, 5.74) is 1.26. The number of carbonyl (C=O) groups excluding carboxylic acids is 1. The molecule has 1 fully saturated rings. The Hall–Kier alpha value is -2.63. The molecule has 25 heavy (non-hydrogen) atoms. The minimum atomic E-state index is -0.494. The van der Waals surface area contributed by atoms with Crippen LogP contribution in [0.4, 0.5) is 5.95 Å². The zero-order chi connectivity index (χ0) is 17.6. The Morgan fingerprint density at radius 3 is 2.36 bits per heavy atom. The molecule has 1 aliphatic rings. The molecule has 3 rings (SSSR count). The fourth-order valence-corrected chi connectivity index (χ4v) is 2.90. The van der Waals surface area contributed by atoms with Crippen molar-refractivity contribution in [2.24, 2.45) is 0 Å². The van der Waals surface area contributed by atoms with Crippen LogP contribution in [0, 0.1) is 0 Å². The van der Waals surface area contributed by atoms with Crippen LogP contribution in [0.2, 0.25) is 0 Å². The topological polar surface area (TPSA) is 58.6 Å². The molecule has 6 heteroatoms. The Bertz CT molecular complexity index is 682. The largest absolute Gasteiger partial charge is 0.481 e. The first-order chi connectivity index (χ1) is 12.2. The minimum absolute atomic E-state index is 0.0215. The maximum atomic E-state index is 12.6. The quantitative estimate of drug-likeness (QED) is 0.835. The van der Waals surface area contributed by atoms with E-state index in [0.717, 1.165) is 31.2 Å². The molecule has 2 heterocycles. The number of aromatic nitrogens is 2. The highest BCUT2D eigenvalue weighted by Crippen LogP contribution is 2.16. The van der Waals surface area contributed by atoms with Crippen molar-refractivity contribution in [1.82, 2.24) is 14.9 Å². The predicted molar refractivity (Wildman–Crippen MR) is 96.7 cm³/mol. The van der Waals surface area contributed by atoms with Gasteiger partial charge in [0, 0.05) is 38.6 Å². The zero-order valence-corrected chi connectivity index (χ0v) is 14.8. The summed E-state index contributed by atoms with van der Waals surface area (Å²) in [6, 6.07) is 9.71. The fraction of sp³-hybridized carbons (Fsp3) is 0.421. The number of piperazine rings is 1. The molecule has 1 aromatic carbocycles. The Morgan fingerprint density at radius 1 is 1.12 bits per heavy atom. The Morgan fingerprint density at radius 2 is 1.76 bits per heavy atom. The van der Waals surface area contributed by atoms with Crippen LogP contribution in [-0.2, 0) is 11.2 Å². The molecule has 1 atom stereocenters. The summed E-state index contributed by atoms with van der Waals surface area (Å²) in [4.78, 5) is 25.1. The molecule has 1 aliphatic heterocycles. The molecule has 0 saturated carbocycles. The smallest absolute Gasteiger partial charge is 0.263 e. The van der Waals surface area contributed by atoms with E-state index in [9.17, 15) is 4.79 Å². The van der Waals surface area contributed by atoms with Gasteiger partial charge >= 0.3 is 0 Å². The average molecular weight is 340 g/mol. The summed E-state index contributed by atoms with van der Waals surface area (Å²) in [7, 11) is 0. The third-order valence-corrected chi connectivity index (χ3v) is 4.42. The van der Waals surface area contributed by atoms with Crippen LogP contribution in [0.3, 0.4) is 0 Å². The number of anilines is 1. The van der Waals surface area contributed by atoms with E-state index in [2.05, 4.69) is 21.8 Å². The van der Waals surface area contributed by atoms with Crippen molar-refractivity contribution in [3.05, 3.63) is 48.3 Å². The number of nitrogens with zero attached hydrogens (tertiary/aromatic N) is 4. The van der Waals surface area contributed by atoms with Crippen LogP contribution in [-0.4, -0.2) is 53.1 Å². The second-order valence-electron chi connectivity index (χ2n) is 6.12. The first kappa shape index (κ1) is 17.2. The SMILES string of the molecule is CCc1ccc(O[C@H](C)C(=O)N2CCN(c3ncccn3)CC2)cc1. The van der Waals surface area contributed by atoms with Gasteiger partial charge in [0.1, 0.15) is 5.75 Å². The number of aryl methyl sites for hydroxylation is 1. The van der Waals surface area contributed by atoms with E-state index in [0.29, 0.717) is 13.1 Å². The number of rotatable bonds is 5. The summed E-state index contributed by atoms with van der Waals surface area (Å²) in [5.74, 6) is 1.47. The van der Waals surface area contributed by atoms with Gasteiger partial charge in [-0.3, -0.25) is 4.79 Å². The van der Waals surface area contributed by atoms with Gasteiger partial charge in [0.05, 0.1) is 0 Å². The lowest BCUT2D eigenvalue weighted by atomic mass is 10.2. The van der Waals surface area contributed by atoms with Crippen molar-refractivity contribution >= 4 is 11.9 Å². The molecular weight excluding hydrogens is 316 g/mol. The van der Waals surface area contributed by atoms with E-state index in [1.807, 2.05) is 36.1 Å². The van der Waals surface area contributed by atoms with Crippen LogP contribution < -0.4 is 9.64 Å². The van der Waals surface area contributed by atoms with E-state index < -0.39 is 6.10 Å². The molecule has 1 saturated heterocycles. The predicted octanol–water partition coefficient (Wildman–Crippen LogP) is 2.16. The molecule has 2 aromatic rings. The van der Waals surface area contributed by atoms with Gasteiger partial charge in [0.25, 0.3) is 5.91 Å². The lowest BCUT2D eigenvalue weighted by Gasteiger charge is -2.35. The molecule has 0 bridgehead atoms. The second kappa shape index (κ2) is 7.96. The number of benzene rings is 1. The monoisotopic (exact) mass is 340 g/mol. The lowest BCUT2D eigenvalue weighted by molar-refractivity contribution is -0.138. The summed E-state index contributed by atoms with van der Waals surface area (Å²) < 4.78 is 5.81. The maximum Gasteiger partial charge on any atom is 0.263 e. The number of hydrogen-bond acceptors (Lipinski definition) is 5. The molecule has 0 aliphatic carbocycles. The van der Waals surface area contributed by atoms with Gasteiger partial charge in [-0.1, -0.05) is 19.1 Å². The number of hydrogen-bond donors (Lipinski definition) is 0. The van der Waals surface area contributed by atoms with E-state index in [1.165, 1.54) is 5.56 Å². The summed E-state index contributed by atoms with van der Waals surface area (Å²) in [6.45, 7) is 6.69. The Kier molecular flexibility index (Phi) is 5.48. The molecule has 0 radical (unpaired) electrons. The molecule has 0 spiro atoms. The van der Waals surface area contributed by atoms with Crippen LogP contribution in [0.15, 0.2) is 42.7 Å². The van der Waals surface area contributed by atoms with Crippen LogP contribution in [0.5, 0.6) is 5.75 Å². The molecule has 132 valence electrons. The minimum Gasteiger partial charge on any atom is -0.481 e. The zero-order valence-electron chi connectivity index (χ0n) is 14.8. The van der Waals surface area contributed by atoms with Gasteiger partial charge in [-0.15, -0.1) is 0 Å². The summed E-state index contributed by atoms with van der Waals surface area (Å²) in [5, 5.41) is 0. The fourth-order valence-electron chi connectivity index (χ4n) is 2.90. The average Bonchev–Trinajstić information content (AvgIpc) is 2.69. The van der Waals surface area contributed by atoms with Crippen molar-refractivity contribution in [2.75, 3.05) is 31.1 Å². The van der Waals surface area contributed by atoms with E-state index in [4.69, 9.17) is 4.74 Å². The highest BCUT2D eigenvalue weighted by atomic mass is 16.5. The molecule has 6 nitrogen and oxygen atoms in total. The third kappa shape index (κ3) is 4.26. The van der Waals surface area contributed by atoms with Gasteiger partial charge < -0.3 is 14.5 Å². The number of carbonyl (C=O) groups is 1. The maximum absolute atomic E-state index is 12.6. The lowest BCUT2D eigenvalue weighted by Crippen LogP contribution is -2.52. The Balaban J connectivity index is 1.52. The molecule has 0 unspecified atom stereocenters. The van der Waals surface area contributed by atoms with Crippen molar-refractivity contribution in [3.63, 3.8) is 0 Å². The van der Waals surface area contributed by atoms with Crippen molar-refractivity contribution in [1.29, 1.82) is 0 Å². The molecule has 0 N–H and O–H groups in total. The third-order valence-electron chi connectivity index (χ3n) is 4.42. The second-order valence-corrected chi connectivity index (χ2v) is 6.12. The molecule has 1 aromatic heterocycles. The number of ether oxygens (including phenoxy) is 1. The first-order valence-electron chi connectivity index (χ1n) is 8.73. The van der Waals surface area contributed by atoms with Gasteiger partial charge in [-0.25, -0.2) is 9.97 Å². The van der Waals surface area contributed by atoms with Gasteiger partial charge in [-0.05, 0) is 37.1 Å². The van der Waals surface area contributed by atoms with Gasteiger partial charge in [0.2, 0.25) is 5.95 Å². The van der Waals surface area contributed by atoms with E-state index >= 15 is 0 Å². The summed E-state index contributed by atoms with van der Waals surface area (Å²) >= 11 is 0. The van der Waals surface area contributed by atoms with Gasteiger partial charge in [0.15, 0.2) is 6.10 Å². The highest BCUT2D eigenvalue weighted by Gasteiger charge is 2.26. The molecule has 1 amide bonds. The Labute approximate surface area is 148 Å². The first-order valence-corrected chi connectivity index (χ1v) is 8.73. The van der Waals surface area contributed by atoms with Crippen molar-refractivity contribution in [2.45, 2.75) is 26.4 Å². The number of amides is 1. The molecular formula is C19H24N4O2. The normalized spacial score (nSPS) is 15.8. The van der Waals surface area contributed by atoms with E-state index in [-0.39, 0.29) is 5.91 Å². The standard InChI is InChI=1S/C19H24N4O2/c1-3-16-5-7-17(8-6-16)25-15(2)18(24)22-11-13-23(14-12-22)19-20-9-4-10-21-19/h4-10,15H,3,11-14H2,1-2H3/t15-/m1/s1. The highest BCUT2D eigenvalue weighted by molar-refractivity contribution is 5.81. The van der Waals surface area contributed by atoms with Crippen LogP contribution in [0.25, 0.3) is 0 Å². The van der Waals surface area contributed by atoms with Crippen molar-refractivity contribution in [3.8, 4) is 5.75 Å². The van der Waals surface area contributed by atoms with E-state index in [1.54, 1.807) is 18.5 Å². The van der Waals surface area contributed by atoms with Crippen LogP contribution in [0.1, 0.15) is 19.4 Å². The van der Waals surface area contributed by atoms with Gasteiger partial charge in [-0.2, -0.15) is 0 Å². The van der Waals surface area contributed by atoms with Crippen LogP contribution >= 0.6 is 0 Å². The van der Waals surface area contributed by atoms with Crippen molar-refractivity contribution < 1.29 is 9.53 Å². The summed E-state index contributed by atoms with van der Waals surface area (Å²) in [6.07, 6.45) is 3.97.